The molecule has 0 spiro atoms. The van der Waals surface area contributed by atoms with Gasteiger partial charge in [-0.3, -0.25) is 0 Å². The first kappa shape index (κ1) is 9.22. The summed E-state index contributed by atoms with van der Waals surface area (Å²) in [4.78, 5) is 0. The van der Waals surface area contributed by atoms with Gasteiger partial charge in [0, 0.05) is 0 Å². The molecule has 0 N–H and O–H groups in total. The average Bonchev–Trinajstić information content (AvgIpc) is 1.86. The van der Waals surface area contributed by atoms with Crippen LogP contribution < -0.4 is 0 Å². The van der Waals surface area contributed by atoms with Gasteiger partial charge in [0.05, 0.1) is 15.7 Å². The first-order valence-corrected chi connectivity index (χ1v) is 5.01. The van der Waals surface area contributed by atoms with Crippen molar-refractivity contribution in [2.45, 2.75) is 44.7 Å². The summed E-state index contributed by atoms with van der Waals surface area (Å²) in [5.41, 5.74) is 0. The van der Waals surface area contributed by atoms with E-state index in [2.05, 4.69) is 29.5 Å². The van der Waals surface area contributed by atoms with Crippen LogP contribution in [0.4, 0.5) is 0 Å². The normalized spacial score (nSPS) is 25.7. The van der Waals surface area contributed by atoms with Crippen LogP contribution in [0.3, 0.4) is 0 Å². The molecule has 1 aliphatic rings. The summed E-state index contributed by atoms with van der Waals surface area (Å²) in [6.45, 7) is 4.73. The maximum Gasteiger partial charge on any atom is 0.0992 e. The summed E-state index contributed by atoms with van der Waals surface area (Å²) in [6, 6.07) is 0. The van der Waals surface area contributed by atoms with E-state index in [0.717, 1.165) is 11.8 Å². The minimum atomic E-state index is 0.644. The van der Waals surface area contributed by atoms with Crippen LogP contribution in [0.2, 0.25) is 5.21 Å². The Bertz CT molecular complexity index is 120. The predicted molar refractivity (Wildman–Crippen MR) is 56.6 cm³/mol. The lowest BCUT2D eigenvalue weighted by Gasteiger charge is -2.36. The molecule has 0 aromatic carbocycles. The first-order chi connectivity index (χ1) is 5.01. The molecule has 62 valence electrons. The van der Waals surface area contributed by atoms with Crippen molar-refractivity contribution in [3.63, 3.8) is 0 Å². The molecule has 0 bridgehead atoms. The summed E-state index contributed by atoms with van der Waals surface area (Å²) >= 11 is 0. The fourth-order valence-electron chi connectivity index (χ4n) is 2.09. The van der Waals surface area contributed by atoms with Gasteiger partial charge in [0.2, 0.25) is 0 Å². The van der Waals surface area contributed by atoms with Crippen molar-refractivity contribution in [1.82, 2.24) is 0 Å². The Morgan fingerprint density at radius 1 is 1.18 bits per heavy atom. The zero-order valence-electron chi connectivity index (χ0n) is 8.48. The van der Waals surface area contributed by atoms with Crippen molar-refractivity contribution < 1.29 is 0 Å². The largest absolute Gasteiger partial charge is 0.0992 e. The van der Waals surface area contributed by atoms with E-state index in [1.54, 1.807) is 0 Å². The standard InChI is InChI=1S/C9H20B2/c1-7(2)8-3-5-9(10,11)6-4-8/h7-8H,3-6,10-11H2,1-2H3. The fourth-order valence-corrected chi connectivity index (χ4v) is 2.09. The number of rotatable bonds is 1. The summed E-state index contributed by atoms with van der Waals surface area (Å²) < 4.78 is 0. The maximum absolute atomic E-state index is 2.41. The summed E-state index contributed by atoms with van der Waals surface area (Å²) in [5.74, 6) is 1.93. The molecule has 1 saturated carbocycles. The van der Waals surface area contributed by atoms with Crippen molar-refractivity contribution in [1.29, 1.82) is 0 Å². The molecule has 1 rings (SSSR count). The second-order valence-electron chi connectivity index (χ2n) is 5.25. The molecule has 0 atom stereocenters. The number of hydrogen-bond donors (Lipinski definition) is 0. The van der Waals surface area contributed by atoms with Crippen molar-refractivity contribution in [2.24, 2.45) is 11.8 Å². The van der Waals surface area contributed by atoms with Crippen molar-refractivity contribution in [2.75, 3.05) is 0 Å². The molecule has 0 unspecified atom stereocenters. The minimum absolute atomic E-state index is 0.644. The summed E-state index contributed by atoms with van der Waals surface area (Å²) in [7, 11) is 4.81. The molecule has 0 aromatic heterocycles. The zero-order valence-corrected chi connectivity index (χ0v) is 8.48. The Balaban J connectivity index is 2.36. The molecule has 1 fully saturated rings. The SMILES string of the molecule is BC1(B)CCC(C(C)C)CC1. The van der Waals surface area contributed by atoms with Gasteiger partial charge in [0.15, 0.2) is 0 Å². The van der Waals surface area contributed by atoms with Crippen LogP contribution in [0.25, 0.3) is 0 Å². The predicted octanol–water partition coefficient (Wildman–Crippen LogP) is 1.22. The van der Waals surface area contributed by atoms with Crippen LogP contribution in [0.15, 0.2) is 0 Å². The molecule has 0 radical (unpaired) electrons. The monoisotopic (exact) mass is 150 g/mol. The zero-order chi connectivity index (χ0) is 8.48. The van der Waals surface area contributed by atoms with E-state index >= 15 is 0 Å². The van der Waals surface area contributed by atoms with Crippen LogP contribution in [0.5, 0.6) is 0 Å². The Morgan fingerprint density at radius 3 is 2.00 bits per heavy atom. The molecule has 11 heavy (non-hydrogen) atoms. The third-order valence-corrected chi connectivity index (χ3v) is 3.33. The van der Waals surface area contributed by atoms with E-state index in [4.69, 9.17) is 0 Å². The van der Waals surface area contributed by atoms with Gasteiger partial charge in [-0.1, -0.05) is 44.7 Å². The molecule has 0 aliphatic heterocycles. The highest BCUT2D eigenvalue weighted by Gasteiger charge is 2.27. The Hall–Kier alpha value is 0.130. The highest BCUT2D eigenvalue weighted by Crippen LogP contribution is 2.41. The smallest absolute Gasteiger partial charge is 0.0845 e. The quantitative estimate of drug-likeness (QED) is 0.492. The first-order valence-electron chi connectivity index (χ1n) is 5.01. The third-order valence-electron chi connectivity index (χ3n) is 3.33. The molecule has 1 aliphatic carbocycles. The van der Waals surface area contributed by atoms with E-state index < -0.39 is 0 Å². The molecule has 0 heterocycles. The van der Waals surface area contributed by atoms with Crippen molar-refractivity contribution >= 4 is 15.7 Å². The van der Waals surface area contributed by atoms with Crippen LogP contribution in [-0.2, 0) is 0 Å². The molecule has 2 heteroatoms. The maximum atomic E-state index is 2.41. The Kier molecular flexibility index (Phi) is 2.72. The van der Waals surface area contributed by atoms with Gasteiger partial charge < -0.3 is 0 Å². The van der Waals surface area contributed by atoms with Gasteiger partial charge in [0.25, 0.3) is 0 Å². The van der Waals surface area contributed by atoms with E-state index in [-0.39, 0.29) is 0 Å². The van der Waals surface area contributed by atoms with Crippen LogP contribution >= 0.6 is 0 Å². The highest BCUT2D eigenvalue weighted by atomic mass is 14.3. The third kappa shape index (κ3) is 2.57. The van der Waals surface area contributed by atoms with E-state index in [0.29, 0.717) is 5.21 Å². The molecule has 0 nitrogen and oxygen atoms in total. The second kappa shape index (κ2) is 3.25. The van der Waals surface area contributed by atoms with Crippen LogP contribution in [-0.4, -0.2) is 15.7 Å². The van der Waals surface area contributed by atoms with Crippen molar-refractivity contribution in [3.05, 3.63) is 0 Å². The van der Waals surface area contributed by atoms with E-state index in [1.807, 2.05) is 0 Å². The summed E-state index contributed by atoms with van der Waals surface area (Å²) in [5, 5.41) is 0.644. The van der Waals surface area contributed by atoms with Crippen LogP contribution in [0.1, 0.15) is 39.5 Å². The lowest BCUT2D eigenvalue weighted by atomic mass is 9.47. The lowest BCUT2D eigenvalue weighted by molar-refractivity contribution is 0.267. The van der Waals surface area contributed by atoms with Crippen molar-refractivity contribution in [3.8, 4) is 0 Å². The van der Waals surface area contributed by atoms with Crippen LogP contribution in [0, 0.1) is 11.8 Å². The minimum Gasteiger partial charge on any atom is -0.0845 e. The summed E-state index contributed by atoms with van der Waals surface area (Å²) in [6.07, 6.45) is 5.81. The van der Waals surface area contributed by atoms with Gasteiger partial charge >= 0.3 is 0 Å². The Morgan fingerprint density at radius 2 is 1.64 bits per heavy atom. The van der Waals surface area contributed by atoms with Gasteiger partial charge in [-0.2, -0.15) is 0 Å². The molecular formula is C9H20B2. The fraction of sp³-hybridized carbons (Fsp3) is 1.00. The second-order valence-corrected chi connectivity index (χ2v) is 5.25. The lowest BCUT2D eigenvalue weighted by Crippen LogP contribution is -2.24. The average molecular weight is 150 g/mol. The molecule has 0 aromatic rings. The Labute approximate surface area is 73.0 Å². The van der Waals surface area contributed by atoms with Gasteiger partial charge in [-0.05, 0) is 11.8 Å². The molecular weight excluding hydrogens is 130 g/mol. The highest BCUT2D eigenvalue weighted by molar-refractivity contribution is 6.39. The molecule has 0 saturated heterocycles. The topological polar surface area (TPSA) is 0 Å². The number of hydrogen-bond acceptors (Lipinski definition) is 0. The van der Waals surface area contributed by atoms with Gasteiger partial charge in [-0.15, -0.1) is 0 Å². The van der Waals surface area contributed by atoms with Gasteiger partial charge in [-0.25, -0.2) is 0 Å². The van der Waals surface area contributed by atoms with E-state index in [9.17, 15) is 0 Å². The van der Waals surface area contributed by atoms with Gasteiger partial charge in [0.1, 0.15) is 0 Å². The van der Waals surface area contributed by atoms with E-state index in [1.165, 1.54) is 25.7 Å². The molecule has 0 amide bonds.